The second kappa shape index (κ2) is 17.5. The molecule has 5 radical (unpaired) electrons. The molecule has 1 aliphatic rings. The minimum atomic E-state index is -0.463. The Bertz CT molecular complexity index is 4520. The Hall–Kier alpha value is -8.27. The molecule has 0 fully saturated rings. The van der Waals surface area contributed by atoms with Gasteiger partial charge < -0.3 is 0 Å². The van der Waals surface area contributed by atoms with Gasteiger partial charge in [0, 0.05) is 0 Å². The molecule has 0 aromatic heterocycles. The first-order valence-electron chi connectivity index (χ1n) is 25.5. The predicted molar refractivity (Wildman–Crippen MR) is 320 cm³/mol. The summed E-state index contributed by atoms with van der Waals surface area (Å²) in [6.45, 7) is 0. The number of benzene rings is 14. The summed E-state index contributed by atoms with van der Waals surface area (Å²) in [4.78, 5) is 0. The second-order valence-electron chi connectivity index (χ2n) is 19.7. The van der Waals surface area contributed by atoms with Gasteiger partial charge in [-0.25, -0.2) is 0 Å². The Labute approximate surface area is 445 Å². The molecule has 339 valence electrons. The van der Waals surface area contributed by atoms with E-state index in [9.17, 15) is 0 Å². The van der Waals surface area contributed by atoms with Crippen molar-refractivity contribution < 1.29 is 0 Å². The summed E-state index contributed by atoms with van der Waals surface area (Å²) in [5.74, 6) is 0. The van der Waals surface area contributed by atoms with Gasteiger partial charge in [-0.3, -0.25) is 0 Å². The van der Waals surface area contributed by atoms with Gasteiger partial charge >= 0.3 is 342 Å². The van der Waals surface area contributed by atoms with Gasteiger partial charge in [0.15, 0.2) is 0 Å². The predicted octanol–water partition coefficient (Wildman–Crippen LogP) is 17.0. The molecule has 1 aliphatic heterocycles. The number of fused-ring (bicyclic) bond motifs is 9. The van der Waals surface area contributed by atoms with Crippen molar-refractivity contribution in [3.63, 3.8) is 0 Å². The second-order valence-corrected chi connectivity index (χ2v) is 23.6. The fourth-order valence-electron chi connectivity index (χ4n) is 12.4. The van der Waals surface area contributed by atoms with E-state index in [1.807, 2.05) is 0 Å². The normalized spacial score (nSPS) is 12.1. The Morgan fingerprint density at radius 2 is 0.595 bits per heavy atom. The van der Waals surface area contributed by atoms with Crippen LogP contribution in [0.3, 0.4) is 0 Å². The Kier molecular flexibility index (Phi) is 10.2. The first kappa shape index (κ1) is 43.3. The summed E-state index contributed by atoms with van der Waals surface area (Å²) in [7, 11) is 0. The molecule has 0 spiro atoms. The van der Waals surface area contributed by atoms with Crippen LogP contribution in [-0.4, -0.2) is 31.9 Å². The van der Waals surface area contributed by atoms with Gasteiger partial charge in [0.1, 0.15) is 0 Å². The molecule has 15 rings (SSSR count). The molecule has 0 atom stereocenters. The Balaban J connectivity index is 1.11. The molecule has 0 saturated heterocycles. The molecule has 0 amide bonds. The van der Waals surface area contributed by atoms with Gasteiger partial charge in [-0.1, -0.05) is 72.8 Å². The van der Waals surface area contributed by atoms with E-state index in [0.29, 0.717) is 0 Å². The first-order chi connectivity index (χ1) is 36.6. The van der Waals surface area contributed by atoms with Crippen LogP contribution in [0.5, 0.6) is 0 Å². The van der Waals surface area contributed by atoms with Crippen LogP contribution in [0.25, 0.3) is 143 Å². The SMILES string of the molecule is [Ge][c]1ccccc1-c1ccccc1-c1cccc2c(-c3c4cccc(-c5ccc6ccccc6c5)c4cc4c(-c5ccc6ccccc6c5)cccc34)c3cccc(-c4ccc[c]5c4-c4cccc[c]4[Ge]5)c3cc12. The standard InChI is InChI=1S/C72H43Ge2/c73-67-33-9-7-22-56(67)53-21-6-5-20-52(53)54-26-13-30-60-65(54)43-66-55(57-32-15-35-69-70(57)62-23-8-10-34-68(62)74-69)27-14-31-61(66)72(60)71-58-28-11-24-50(48-38-36-44-16-1-3-18-46(44)40-48)63(58)42-64-51(25-12-29-59(64)71)49-39-37-45-17-2-4-19-47(45)41-49/h1-43H. The average molecular weight is 1050 g/mol. The molecule has 0 aliphatic carbocycles. The summed E-state index contributed by atoms with van der Waals surface area (Å²) in [6.07, 6.45) is 0. The van der Waals surface area contributed by atoms with Crippen molar-refractivity contribution in [2.45, 2.75) is 0 Å². The zero-order chi connectivity index (χ0) is 48.9. The molecule has 0 bridgehead atoms. The van der Waals surface area contributed by atoms with Crippen molar-refractivity contribution in [3.05, 3.63) is 261 Å². The molecular weight excluding hydrogens is 1010 g/mol. The summed E-state index contributed by atoms with van der Waals surface area (Å²) in [5.41, 5.74) is 17.7. The van der Waals surface area contributed by atoms with Gasteiger partial charge in [-0.05, 0) is 33.7 Å². The molecule has 0 nitrogen and oxygen atoms in total. The molecule has 14 aromatic carbocycles. The van der Waals surface area contributed by atoms with E-state index in [-0.39, 0.29) is 0 Å². The van der Waals surface area contributed by atoms with Crippen LogP contribution in [0.2, 0.25) is 0 Å². The van der Waals surface area contributed by atoms with Crippen LogP contribution in [0, 0.1) is 0 Å². The monoisotopic (exact) mass is 1060 g/mol. The van der Waals surface area contributed by atoms with Crippen LogP contribution < -0.4 is 13.2 Å². The molecule has 0 saturated carbocycles. The van der Waals surface area contributed by atoms with Crippen molar-refractivity contribution in [1.29, 1.82) is 0 Å². The van der Waals surface area contributed by atoms with Gasteiger partial charge in [0.2, 0.25) is 0 Å². The minimum absolute atomic E-state index is 0.463. The topological polar surface area (TPSA) is 0 Å². The average Bonchev–Trinajstić information content (AvgIpc) is 3.89. The van der Waals surface area contributed by atoms with Crippen molar-refractivity contribution >= 4 is 110 Å². The van der Waals surface area contributed by atoms with E-state index >= 15 is 0 Å². The Morgan fingerprint density at radius 1 is 0.216 bits per heavy atom. The van der Waals surface area contributed by atoms with Crippen molar-refractivity contribution in [3.8, 4) is 77.9 Å². The van der Waals surface area contributed by atoms with Gasteiger partial charge in [0.05, 0.1) is 0 Å². The van der Waals surface area contributed by atoms with Crippen LogP contribution in [-0.2, 0) is 0 Å². The van der Waals surface area contributed by atoms with Crippen LogP contribution in [0.4, 0.5) is 0 Å². The zero-order valence-corrected chi connectivity index (χ0v) is 44.5. The maximum absolute atomic E-state index is 2.54. The Morgan fingerprint density at radius 3 is 1.15 bits per heavy atom. The van der Waals surface area contributed by atoms with Crippen LogP contribution in [0.15, 0.2) is 261 Å². The van der Waals surface area contributed by atoms with Crippen molar-refractivity contribution in [2.75, 3.05) is 0 Å². The summed E-state index contributed by atoms with van der Waals surface area (Å²) in [5, 5.41) is 14.9. The van der Waals surface area contributed by atoms with Gasteiger partial charge in [-0.2, -0.15) is 0 Å². The number of rotatable bonds is 6. The summed E-state index contributed by atoms with van der Waals surface area (Å²) in [6, 6.07) is 98.6. The fraction of sp³-hybridized carbons (Fsp3) is 0. The van der Waals surface area contributed by atoms with Crippen molar-refractivity contribution in [1.82, 2.24) is 0 Å². The molecule has 74 heavy (non-hydrogen) atoms. The van der Waals surface area contributed by atoms with Gasteiger partial charge in [-0.15, -0.1) is 0 Å². The molecule has 0 N–H and O–H groups in total. The quantitative estimate of drug-likeness (QED) is 0.115. The van der Waals surface area contributed by atoms with E-state index in [4.69, 9.17) is 0 Å². The third-order valence-corrected chi connectivity index (χ3v) is 19.5. The molecule has 0 unspecified atom stereocenters. The molecular formula is C72H43Ge2. The number of hydrogen-bond acceptors (Lipinski definition) is 0. The number of hydrogen-bond donors (Lipinski definition) is 0. The maximum atomic E-state index is 2.54. The van der Waals surface area contributed by atoms with Crippen LogP contribution >= 0.6 is 0 Å². The molecule has 2 heteroatoms. The third-order valence-electron chi connectivity index (χ3n) is 15.7. The molecule has 14 aromatic rings. The summed E-state index contributed by atoms with van der Waals surface area (Å²) < 4.78 is 4.29. The molecule has 1 heterocycles. The van der Waals surface area contributed by atoms with E-state index < -0.39 is 15.4 Å². The van der Waals surface area contributed by atoms with E-state index in [0.717, 1.165) is 0 Å². The zero-order valence-electron chi connectivity index (χ0n) is 40.3. The van der Waals surface area contributed by atoms with E-state index in [1.165, 1.54) is 156 Å². The summed E-state index contributed by atoms with van der Waals surface area (Å²) >= 11 is 1.77. The third kappa shape index (κ3) is 6.89. The first-order valence-corrected chi connectivity index (χ1v) is 28.6. The van der Waals surface area contributed by atoms with E-state index in [1.54, 1.807) is 0 Å². The van der Waals surface area contributed by atoms with E-state index in [2.05, 4.69) is 277 Å². The fourth-order valence-corrected chi connectivity index (χ4v) is 15.9. The van der Waals surface area contributed by atoms with Crippen molar-refractivity contribution in [2.24, 2.45) is 0 Å². The van der Waals surface area contributed by atoms with Crippen LogP contribution in [0.1, 0.15) is 0 Å². The van der Waals surface area contributed by atoms with Gasteiger partial charge in [0.25, 0.3) is 0 Å².